The van der Waals surface area contributed by atoms with Crippen molar-refractivity contribution in [1.29, 1.82) is 0 Å². The summed E-state index contributed by atoms with van der Waals surface area (Å²) in [4.78, 5) is 0. The fourth-order valence-electron chi connectivity index (χ4n) is 2.88. The second kappa shape index (κ2) is 5.59. The third-order valence-electron chi connectivity index (χ3n) is 3.88. The Morgan fingerprint density at radius 2 is 2.11 bits per heavy atom. The van der Waals surface area contributed by atoms with E-state index < -0.39 is 15.1 Å². The molecule has 1 heterocycles. The standard InChI is InChI=1S/C14H20FNO2S/c1-10-9-11(15)6-7-12(10)14(16-2)13-5-3-4-8-19(13,17)18/h6-7,9,13-14,16H,3-5,8H2,1-2H3. The van der Waals surface area contributed by atoms with Crippen LogP contribution in [0.4, 0.5) is 4.39 Å². The van der Waals surface area contributed by atoms with Crippen molar-refractivity contribution in [2.24, 2.45) is 0 Å². The molecule has 2 rings (SSSR count). The molecule has 2 unspecified atom stereocenters. The van der Waals surface area contributed by atoms with Crippen LogP contribution in [-0.2, 0) is 9.84 Å². The highest BCUT2D eigenvalue weighted by Crippen LogP contribution is 2.32. The second-order valence-electron chi connectivity index (χ2n) is 5.17. The minimum Gasteiger partial charge on any atom is -0.312 e. The lowest BCUT2D eigenvalue weighted by Crippen LogP contribution is -2.39. The third kappa shape index (κ3) is 2.98. The lowest BCUT2D eigenvalue weighted by molar-refractivity contribution is 0.467. The first-order valence-electron chi connectivity index (χ1n) is 6.60. The lowest BCUT2D eigenvalue weighted by atomic mass is 9.96. The zero-order valence-electron chi connectivity index (χ0n) is 11.3. The van der Waals surface area contributed by atoms with Crippen molar-refractivity contribution in [1.82, 2.24) is 5.32 Å². The Morgan fingerprint density at radius 3 is 2.68 bits per heavy atom. The number of halogens is 1. The van der Waals surface area contributed by atoms with Crippen molar-refractivity contribution in [2.75, 3.05) is 12.8 Å². The number of rotatable bonds is 3. The molecule has 1 aliphatic heterocycles. The number of hydrogen-bond donors (Lipinski definition) is 1. The molecule has 0 saturated carbocycles. The zero-order valence-corrected chi connectivity index (χ0v) is 12.1. The first-order chi connectivity index (χ1) is 8.95. The fourth-order valence-corrected chi connectivity index (χ4v) is 5.02. The molecule has 0 amide bonds. The summed E-state index contributed by atoms with van der Waals surface area (Å²) >= 11 is 0. The first kappa shape index (κ1) is 14.5. The van der Waals surface area contributed by atoms with E-state index >= 15 is 0 Å². The average Bonchev–Trinajstić information content (AvgIpc) is 2.34. The van der Waals surface area contributed by atoms with Crippen LogP contribution in [0.1, 0.15) is 36.4 Å². The van der Waals surface area contributed by atoms with Gasteiger partial charge in [0.05, 0.1) is 11.0 Å². The topological polar surface area (TPSA) is 46.2 Å². The Bertz CT molecular complexity index is 557. The van der Waals surface area contributed by atoms with E-state index in [2.05, 4.69) is 5.32 Å². The Kier molecular flexibility index (Phi) is 4.26. The van der Waals surface area contributed by atoms with Gasteiger partial charge in [0, 0.05) is 6.04 Å². The van der Waals surface area contributed by atoms with Crippen LogP contribution in [0.15, 0.2) is 18.2 Å². The van der Waals surface area contributed by atoms with Crippen LogP contribution in [0, 0.1) is 12.7 Å². The van der Waals surface area contributed by atoms with E-state index in [-0.39, 0.29) is 17.6 Å². The number of sulfone groups is 1. The van der Waals surface area contributed by atoms with Crippen LogP contribution < -0.4 is 5.32 Å². The van der Waals surface area contributed by atoms with Crippen molar-refractivity contribution < 1.29 is 12.8 Å². The molecule has 0 spiro atoms. The summed E-state index contributed by atoms with van der Waals surface area (Å²) in [6.45, 7) is 1.82. The van der Waals surface area contributed by atoms with E-state index in [0.29, 0.717) is 6.42 Å². The van der Waals surface area contributed by atoms with E-state index in [1.807, 2.05) is 6.92 Å². The molecule has 19 heavy (non-hydrogen) atoms. The van der Waals surface area contributed by atoms with Gasteiger partial charge < -0.3 is 5.32 Å². The predicted molar refractivity (Wildman–Crippen MR) is 74.4 cm³/mol. The van der Waals surface area contributed by atoms with Crippen LogP contribution in [0.5, 0.6) is 0 Å². The molecule has 1 aromatic rings. The molecule has 1 aromatic carbocycles. The molecule has 0 bridgehead atoms. The molecule has 0 radical (unpaired) electrons. The lowest BCUT2D eigenvalue weighted by Gasteiger charge is -2.31. The summed E-state index contributed by atoms with van der Waals surface area (Å²) < 4.78 is 37.6. The zero-order chi connectivity index (χ0) is 14.0. The molecule has 0 aliphatic carbocycles. The Balaban J connectivity index is 2.39. The van der Waals surface area contributed by atoms with E-state index in [1.165, 1.54) is 12.1 Å². The van der Waals surface area contributed by atoms with Crippen LogP contribution in [0.25, 0.3) is 0 Å². The van der Waals surface area contributed by atoms with Gasteiger partial charge in [-0.1, -0.05) is 12.5 Å². The highest BCUT2D eigenvalue weighted by atomic mass is 32.2. The largest absolute Gasteiger partial charge is 0.312 e. The van der Waals surface area contributed by atoms with Crippen molar-refractivity contribution in [3.63, 3.8) is 0 Å². The average molecular weight is 285 g/mol. The summed E-state index contributed by atoms with van der Waals surface area (Å²) in [5.74, 6) is -0.0292. The van der Waals surface area contributed by atoms with Crippen LogP contribution in [0.3, 0.4) is 0 Å². The van der Waals surface area contributed by atoms with Gasteiger partial charge >= 0.3 is 0 Å². The Morgan fingerprint density at radius 1 is 1.37 bits per heavy atom. The summed E-state index contributed by atoms with van der Waals surface area (Å²) in [5.41, 5.74) is 1.67. The third-order valence-corrected chi connectivity index (χ3v) is 6.17. The smallest absolute Gasteiger partial charge is 0.155 e. The van der Waals surface area contributed by atoms with Gasteiger partial charge in [0.2, 0.25) is 0 Å². The maximum atomic E-state index is 13.2. The Labute approximate surface area is 114 Å². The van der Waals surface area contributed by atoms with Crippen molar-refractivity contribution in [3.05, 3.63) is 35.1 Å². The monoisotopic (exact) mass is 285 g/mol. The van der Waals surface area contributed by atoms with E-state index in [9.17, 15) is 12.8 Å². The molecule has 106 valence electrons. The highest BCUT2D eigenvalue weighted by molar-refractivity contribution is 7.92. The van der Waals surface area contributed by atoms with Gasteiger partial charge in [0.25, 0.3) is 0 Å². The molecule has 0 aromatic heterocycles. The molecular weight excluding hydrogens is 265 g/mol. The van der Waals surface area contributed by atoms with Crippen molar-refractivity contribution >= 4 is 9.84 Å². The molecule has 1 saturated heterocycles. The number of aryl methyl sites for hydroxylation is 1. The number of benzene rings is 1. The van der Waals surface area contributed by atoms with E-state index in [1.54, 1.807) is 13.1 Å². The van der Waals surface area contributed by atoms with Gasteiger partial charge in [0.1, 0.15) is 5.82 Å². The minimum absolute atomic E-state index is 0.258. The van der Waals surface area contributed by atoms with Gasteiger partial charge in [0.15, 0.2) is 9.84 Å². The summed E-state index contributed by atoms with van der Waals surface area (Å²) in [5, 5.41) is 2.70. The van der Waals surface area contributed by atoms with Crippen molar-refractivity contribution in [3.8, 4) is 0 Å². The van der Waals surface area contributed by atoms with Gasteiger partial charge in [-0.25, -0.2) is 12.8 Å². The molecule has 1 aliphatic rings. The normalized spacial score (nSPS) is 24.1. The SMILES string of the molecule is CNC(c1ccc(F)cc1C)C1CCCCS1(=O)=O. The molecular formula is C14H20FNO2S. The summed E-state index contributed by atoms with van der Waals surface area (Å²) in [7, 11) is -1.30. The number of hydrogen-bond acceptors (Lipinski definition) is 3. The van der Waals surface area contributed by atoms with Gasteiger partial charge in [-0.05, 0) is 50.1 Å². The molecule has 2 atom stereocenters. The summed E-state index contributed by atoms with van der Waals surface area (Å²) in [6, 6.07) is 4.28. The van der Waals surface area contributed by atoms with Gasteiger partial charge in [-0.3, -0.25) is 0 Å². The first-order valence-corrected chi connectivity index (χ1v) is 8.32. The fraction of sp³-hybridized carbons (Fsp3) is 0.571. The Hall–Kier alpha value is -0.940. The van der Waals surface area contributed by atoms with Crippen LogP contribution >= 0.6 is 0 Å². The molecule has 3 nitrogen and oxygen atoms in total. The quantitative estimate of drug-likeness (QED) is 0.927. The van der Waals surface area contributed by atoms with Gasteiger partial charge in [-0.15, -0.1) is 0 Å². The van der Waals surface area contributed by atoms with E-state index in [4.69, 9.17) is 0 Å². The number of nitrogens with one attached hydrogen (secondary N) is 1. The maximum Gasteiger partial charge on any atom is 0.155 e. The van der Waals surface area contributed by atoms with E-state index in [0.717, 1.165) is 24.0 Å². The second-order valence-corrected chi connectivity index (χ2v) is 7.51. The predicted octanol–water partition coefficient (Wildman–Crippen LogP) is 2.36. The molecule has 5 heteroatoms. The van der Waals surface area contributed by atoms with Crippen LogP contribution in [-0.4, -0.2) is 26.5 Å². The highest BCUT2D eigenvalue weighted by Gasteiger charge is 2.36. The molecule has 1 N–H and O–H groups in total. The van der Waals surface area contributed by atoms with Gasteiger partial charge in [-0.2, -0.15) is 0 Å². The summed E-state index contributed by atoms with van der Waals surface area (Å²) in [6.07, 6.45) is 2.35. The van der Waals surface area contributed by atoms with Crippen molar-refractivity contribution in [2.45, 2.75) is 37.5 Å². The minimum atomic E-state index is -3.07. The van der Waals surface area contributed by atoms with Crippen LogP contribution in [0.2, 0.25) is 0 Å². The molecule has 1 fully saturated rings. The maximum absolute atomic E-state index is 13.2.